The van der Waals surface area contributed by atoms with Gasteiger partial charge in [-0.15, -0.1) is 11.3 Å². The maximum absolute atomic E-state index is 5.75. The van der Waals surface area contributed by atoms with Crippen LogP contribution in [0.1, 0.15) is 24.3 Å². The van der Waals surface area contributed by atoms with Gasteiger partial charge in [0.1, 0.15) is 5.76 Å². The van der Waals surface area contributed by atoms with Crippen LogP contribution in [0.25, 0.3) is 10.1 Å². The summed E-state index contributed by atoms with van der Waals surface area (Å²) in [6.45, 7) is 2.99. The van der Waals surface area contributed by atoms with E-state index in [0.717, 1.165) is 21.4 Å². The fourth-order valence-corrected chi connectivity index (χ4v) is 4.28. The molecular weight excluding hydrogens is 402 g/mol. The van der Waals surface area contributed by atoms with Crippen LogP contribution in [0.15, 0.2) is 49.3 Å². The van der Waals surface area contributed by atoms with Gasteiger partial charge in [-0.3, -0.25) is 0 Å². The van der Waals surface area contributed by atoms with Crippen LogP contribution in [0.4, 0.5) is 0 Å². The fraction of sp³-hybridized carbons (Fsp3) is 0.200. The highest BCUT2D eigenvalue weighted by molar-refractivity contribution is 9.10. The molecule has 3 aromatic rings. The molecule has 1 N–H and O–H groups in total. The van der Waals surface area contributed by atoms with Crippen LogP contribution < -0.4 is 5.32 Å². The molecule has 2 nitrogen and oxygen atoms in total. The first-order chi connectivity index (χ1) is 9.70. The fourth-order valence-electron chi connectivity index (χ4n) is 2.32. The molecule has 0 saturated carbocycles. The Morgan fingerprint density at radius 2 is 2.10 bits per heavy atom. The van der Waals surface area contributed by atoms with Gasteiger partial charge in [-0.2, -0.15) is 0 Å². The molecule has 2 aromatic heterocycles. The quantitative estimate of drug-likeness (QED) is 0.590. The molecule has 1 aromatic carbocycles. The Kier molecular flexibility index (Phi) is 4.31. The van der Waals surface area contributed by atoms with Gasteiger partial charge in [0.15, 0.2) is 4.67 Å². The van der Waals surface area contributed by atoms with Gasteiger partial charge in [-0.25, -0.2) is 0 Å². The van der Waals surface area contributed by atoms with Crippen molar-refractivity contribution in [3.63, 3.8) is 0 Å². The Morgan fingerprint density at radius 1 is 1.25 bits per heavy atom. The Hall–Kier alpha value is -0.620. The van der Waals surface area contributed by atoms with Crippen molar-refractivity contribution in [3.8, 4) is 0 Å². The van der Waals surface area contributed by atoms with E-state index in [2.05, 4.69) is 67.7 Å². The summed E-state index contributed by atoms with van der Waals surface area (Å²) < 4.78 is 8.92. The molecule has 2 heterocycles. The number of rotatable bonds is 4. The molecule has 0 aliphatic heterocycles. The molecule has 0 aliphatic rings. The Balaban J connectivity index is 2.12. The lowest BCUT2D eigenvalue weighted by Crippen LogP contribution is -2.21. The molecule has 0 aliphatic carbocycles. The second-order valence-electron chi connectivity index (χ2n) is 4.44. The zero-order valence-electron chi connectivity index (χ0n) is 10.8. The summed E-state index contributed by atoms with van der Waals surface area (Å²) in [6, 6.07) is 10.3. The van der Waals surface area contributed by atoms with Gasteiger partial charge in [0.2, 0.25) is 0 Å². The van der Waals surface area contributed by atoms with E-state index in [-0.39, 0.29) is 6.04 Å². The van der Waals surface area contributed by atoms with Crippen molar-refractivity contribution >= 4 is 53.3 Å². The number of furan rings is 1. The first kappa shape index (κ1) is 14.3. The molecule has 0 amide bonds. The van der Waals surface area contributed by atoms with E-state index in [1.165, 1.54) is 15.6 Å². The lowest BCUT2D eigenvalue weighted by Gasteiger charge is -2.15. The van der Waals surface area contributed by atoms with Crippen molar-refractivity contribution in [2.75, 3.05) is 6.54 Å². The van der Waals surface area contributed by atoms with Gasteiger partial charge < -0.3 is 9.73 Å². The van der Waals surface area contributed by atoms with E-state index in [1.807, 2.05) is 12.1 Å². The Bertz CT molecular complexity index is 734. The number of thiophene rings is 1. The maximum Gasteiger partial charge on any atom is 0.169 e. The SMILES string of the molecule is CCNC(c1ccc(Br)o1)c1csc2c(Br)cccc12. The standard InChI is InChI=1S/C15H13Br2NOS/c1-2-18-14(12-6-7-13(17)19-12)10-8-20-15-9(10)4-3-5-11(15)16/h3-8,14,18H,2H2,1H3. The summed E-state index contributed by atoms with van der Waals surface area (Å²) in [6.07, 6.45) is 0. The largest absolute Gasteiger partial charge is 0.452 e. The van der Waals surface area contributed by atoms with Crippen molar-refractivity contribution in [1.82, 2.24) is 5.32 Å². The second-order valence-corrected chi connectivity index (χ2v) is 6.96. The lowest BCUT2D eigenvalue weighted by atomic mass is 10.0. The highest BCUT2D eigenvalue weighted by Crippen LogP contribution is 2.37. The van der Waals surface area contributed by atoms with Crippen LogP contribution >= 0.6 is 43.2 Å². The third kappa shape index (κ3) is 2.60. The number of benzene rings is 1. The Labute approximate surface area is 138 Å². The van der Waals surface area contributed by atoms with E-state index in [4.69, 9.17) is 4.42 Å². The maximum atomic E-state index is 5.75. The molecule has 104 valence electrons. The van der Waals surface area contributed by atoms with Crippen LogP contribution in [0.5, 0.6) is 0 Å². The van der Waals surface area contributed by atoms with Crippen LogP contribution in [0, 0.1) is 0 Å². The van der Waals surface area contributed by atoms with Gasteiger partial charge >= 0.3 is 0 Å². The predicted molar refractivity (Wildman–Crippen MR) is 91.5 cm³/mol. The van der Waals surface area contributed by atoms with Gasteiger partial charge in [-0.05, 0) is 72.9 Å². The highest BCUT2D eigenvalue weighted by Gasteiger charge is 2.20. The normalized spacial score (nSPS) is 12.9. The highest BCUT2D eigenvalue weighted by atomic mass is 79.9. The van der Waals surface area contributed by atoms with Crippen molar-refractivity contribution in [2.24, 2.45) is 0 Å². The minimum absolute atomic E-state index is 0.0781. The minimum Gasteiger partial charge on any atom is -0.452 e. The molecule has 0 radical (unpaired) electrons. The zero-order chi connectivity index (χ0) is 14.1. The number of halogens is 2. The molecule has 5 heteroatoms. The van der Waals surface area contributed by atoms with E-state index >= 15 is 0 Å². The van der Waals surface area contributed by atoms with E-state index in [9.17, 15) is 0 Å². The summed E-state index contributed by atoms with van der Waals surface area (Å²) in [4.78, 5) is 0. The van der Waals surface area contributed by atoms with E-state index in [1.54, 1.807) is 11.3 Å². The van der Waals surface area contributed by atoms with Gasteiger partial charge in [-0.1, -0.05) is 19.1 Å². The smallest absolute Gasteiger partial charge is 0.169 e. The van der Waals surface area contributed by atoms with Crippen LogP contribution in [-0.4, -0.2) is 6.54 Å². The van der Waals surface area contributed by atoms with Crippen molar-refractivity contribution in [1.29, 1.82) is 0 Å². The number of hydrogen-bond donors (Lipinski definition) is 1. The summed E-state index contributed by atoms with van der Waals surface area (Å²) in [5.74, 6) is 0.929. The summed E-state index contributed by atoms with van der Waals surface area (Å²) in [7, 11) is 0. The lowest BCUT2D eigenvalue weighted by molar-refractivity contribution is 0.439. The molecule has 1 atom stereocenters. The summed E-state index contributed by atoms with van der Waals surface area (Å²) >= 11 is 8.75. The monoisotopic (exact) mass is 413 g/mol. The van der Waals surface area contributed by atoms with Crippen LogP contribution in [0.3, 0.4) is 0 Å². The van der Waals surface area contributed by atoms with Gasteiger partial charge in [0, 0.05) is 9.17 Å². The van der Waals surface area contributed by atoms with Crippen molar-refractivity contribution in [2.45, 2.75) is 13.0 Å². The Morgan fingerprint density at radius 3 is 2.80 bits per heavy atom. The summed E-state index contributed by atoms with van der Waals surface area (Å²) in [5.41, 5.74) is 1.26. The number of nitrogens with one attached hydrogen (secondary N) is 1. The third-order valence-electron chi connectivity index (χ3n) is 3.18. The molecule has 0 bridgehead atoms. The van der Waals surface area contributed by atoms with Crippen molar-refractivity contribution in [3.05, 3.63) is 56.2 Å². The molecule has 0 saturated heterocycles. The molecule has 3 rings (SSSR count). The van der Waals surface area contributed by atoms with Crippen LogP contribution in [-0.2, 0) is 0 Å². The first-order valence-electron chi connectivity index (χ1n) is 6.35. The predicted octanol–water partition coefficient (Wildman–Crippen LogP) is 5.72. The third-order valence-corrected chi connectivity index (χ3v) is 5.58. The molecule has 1 unspecified atom stereocenters. The second kappa shape index (κ2) is 6.02. The number of fused-ring (bicyclic) bond motifs is 1. The average Bonchev–Trinajstić information content (AvgIpc) is 3.04. The van der Waals surface area contributed by atoms with Crippen LogP contribution in [0.2, 0.25) is 0 Å². The van der Waals surface area contributed by atoms with Gasteiger partial charge in [0.25, 0.3) is 0 Å². The molecule has 0 spiro atoms. The van der Waals surface area contributed by atoms with E-state index in [0.29, 0.717) is 0 Å². The molecular formula is C15H13Br2NOS. The van der Waals surface area contributed by atoms with Gasteiger partial charge in [0.05, 0.1) is 6.04 Å². The molecule has 20 heavy (non-hydrogen) atoms. The number of hydrogen-bond acceptors (Lipinski definition) is 3. The first-order valence-corrected chi connectivity index (χ1v) is 8.81. The molecule has 0 fully saturated rings. The zero-order valence-corrected chi connectivity index (χ0v) is 14.8. The topological polar surface area (TPSA) is 25.2 Å². The van der Waals surface area contributed by atoms with Crippen molar-refractivity contribution < 1.29 is 4.42 Å². The minimum atomic E-state index is 0.0781. The summed E-state index contributed by atoms with van der Waals surface area (Å²) in [5, 5.41) is 6.98. The average molecular weight is 415 g/mol. The van der Waals surface area contributed by atoms with E-state index < -0.39 is 0 Å².